The van der Waals surface area contributed by atoms with Gasteiger partial charge in [0, 0.05) is 0 Å². The van der Waals surface area contributed by atoms with Crippen molar-refractivity contribution < 1.29 is 23.3 Å². The second kappa shape index (κ2) is 24.8. The normalized spacial score (nSPS) is 11.0. The number of halogens is 2. The van der Waals surface area contributed by atoms with E-state index < -0.39 is 0 Å². The van der Waals surface area contributed by atoms with E-state index in [-0.39, 0.29) is 24.8 Å². The molecule has 0 aromatic heterocycles. The number of aryl methyl sites for hydroxylation is 2. The monoisotopic (exact) mass is 784 g/mol. The van der Waals surface area contributed by atoms with Crippen molar-refractivity contribution >= 4 is 53.2 Å². The van der Waals surface area contributed by atoms with Crippen molar-refractivity contribution in [1.82, 2.24) is 0 Å². The second-order valence-electron chi connectivity index (χ2n) is 11.7. The summed E-state index contributed by atoms with van der Waals surface area (Å²) in [4.78, 5) is 0. The molecule has 0 saturated carbocycles. The van der Waals surface area contributed by atoms with Gasteiger partial charge in [0.05, 0.1) is 0 Å². The fourth-order valence-electron chi connectivity index (χ4n) is 5.84. The summed E-state index contributed by atoms with van der Waals surface area (Å²) in [5.74, 6) is 1.28. The molecule has 6 aromatic carbocycles. The fraction of sp³-hybridized carbons (Fsp3) is 0.289. The zero-order valence-corrected chi connectivity index (χ0v) is 36.0. The van der Waals surface area contributed by atoms with Gasteiger partial charge in [-0.05, 0) is 53.4 Å². The molecule has 0 spiro atoms. The molecule has 0 nitrogen and oxygen atoms in total. The Morgan fingerprint density at radius 3 is 1.37 bits per heavy atom. The van der Waals surface area contributed by atoms with Crippen LogP contribution in [0.15, 0.2) is 109 Å². The number of rotatable bonds is 7. The quantitative estimate of drug-likeness (QED) is 0.112. The van der Waals surface area contributed by atoms with Crippen LogP contribution in [0.25, 0.3) is 43.8 Å². The zero-order valence-electron chi connectivity index (χ0n) is 30.9. The second-order valence-corrected chi connectivity index (χ2v) is 11.7. The van der Waals surface area contributed by atoms with Crippen molar-refractivity contribution in [3.63, 3.8) is 0 Å². The van der Waals surface area contributed by atoms with Crippen LogP contribution in [0.4, 0.5) is 0 Å². The molecule has 2 unspecified atom stereocenters. The number of fused-ring (bicyclic) bond motifs is 2. The van der Waals surface area contributed by atoms with Gasteiger partial charge in [0.2, 0.25) is 0 Å². The predicted octanol–water partition coefficient (Wildman–Crippen LogP) is 14.5. The van der Waals surface area contributed by atoms with E-state index in [1.807, 2.05) is 0 Å². The molecule has 0 aliphatic carbocycles. The molecule has 6 rings (SSSR count). The van der Waals surface area contributed by atoms with Crippen molar-refractivity contribution in [2.75, 3.05) is 0 Å². The molecule has 0 aliphatic rings. The SMILES string of the molecule is CCC(C)c1ccc(-c2cccc3[cH-]c(C)cc23)cc1.CCc1cc2c(-c3ccc(C(C)CC)cc3)cccc2[cH-]1.Cl.Cl.[CH2-]C.[CH2-]C.[Si]=[Zr]. The van der Waals surface area contributed by atoms with Gasteiger partial charge in [-0.15, -0.1) is 93.9 Å². The third-order valence-corrected chi connectivity index (χ3v) is 8.92. The van der Waals surface area contributed by atoms with Crippen molar-refractivity contribution in [3.8, 4) is 22.3 Å². The zero-order chi connectivity index (χ0) is 34.9. The van der Waals surface area contributed by atoms with E-state index in [2.05, 4.69) is 171 Å². The van der Waals surface area contributed by atoms with Crippen molar-refractivity contribution in [1.29, 1.82) is 0 Å². The summed E-state index contributed by atoms with van der Waals surface area (Å²) < 4.78 is 0. The first-order valence-corrected chi connectivity index (χ1v) is 21.3. The van der Waals surface area contributed by atoms with Gasteiger partial charge in [-0.1, -0.05) is 113 Å². The van der Waals surface area contributed by atoms with Gasteiger partial charge in [-0.25, -0.2) is 0 Å². The summed E-state index contributed by atoms with van der Waals surface area (Å²) in [5, 5.41) is 5.44. The molecule has 0 saturated heterocycles. The molecule has 262 valence electrons. The van der Waals surface area contributed by atoms with Gasteiger partial charge in [0.25, 0.3) is 0 Å². The van der Waals surface area contributed by atoms with Crippen LogP contribution in [0.1, 0.15) is 95.4 Å². The molecule has 0 amide bonds. The Hall–Kier alpha value is -2.22. The Morgan fingerprint density at radius 2 is 0.980 bits per heavy atom. The molecular formula is C45H56Cl2SiZr-4. The van der Waals surface area contributed by atoms with Crippen LogP contribution in [0, 0.1) is 20.8 Å². The first-order valence-electron chi connectivity index (χ1n) is 17.1. The summed E-state index contributed by atoms with van der Waals surface area (Å²) in [5.41, 5.74) is 11.0. The van der Waals surface area contributed by atoms with E-state index in [9.17, 15) is 0 Å². The van der Waals surface area contributed by atoms with E-state index in [0.717, 1.165) is 6.42 Å². The van der Waals surface area contributed by atoms with Gasteiger partial charge in [-0.2, -0.15) is 26.0 Å². The Kier molecular flexibility index (Phi) is 23.7. The summed E-state index contributed by atoms with van der Waals surface area (Å²) in [6, 6.07) is 40.6. The van der Waals surface area contributed by atoms with Crippen LogP contribution in [0.3, 0.4) is 0 Å². The van der Waals surface area contributed by atoms with Crippen molar-refractivity contribution in [2.24, 2.45) is 0 Å². The molecule has 49 heavy (non-hydrogen) atoms. The van der Waals surface area contributed by atoms with Crippen molar-refractivity contribution in [3.05, 3.63) is 145 Å². The molecule has 0 N–H and O–H groups in total. The van der Waals surface area contributed by atoms with Crippen LogP contribution in [-0.2, 0) is 29.8 Å². The molecule has 6 aromatic rings. The van der Waals surface area contributed by atoms with E-state index in [4.69, 9.17) is 0 Å². The van der Waals surface area contributed by atoms with Gasteiger partial charge in [0.1, 0.15) is 0 Å². The fourth-order valence-corrected chi connectivity index (χ4v) is 5.84. The Bertz CT molecular complexity index is 1750. The van der Waals surface area contributed by atoms with Crippen LogP contribution in [0.5, 0.6) is 0 Å². The molecule has 4 heteroatoms. The molecule has 0 aliphatic heterocycles. The third kappa shape index (κ3) is 12.5. The predicted molar refractivity (Wildman–Crippen MR) is 224 cm³/mol. The maximum absolute atomic E-state index is 3.25. The molecule has 0 heterocycles. The summed E-state index contributed by atoms with van der Waals surface area (Å²) in [6.45, 7) is 26.5. The minimum atomic E-state index is 0. The summed E-state index contributed by atoms with van der Waals surface area (Å²) in [7, 11) is 0. The molecule has 0 fully saturated rings. The third-order valence-electron chi connectivity index (χ3n) is 8.92. The Labute approximate surface area is 328 Å². The van der Waals surface area contributed by atoms with E-state index in [1.165, 1.54) is 102 Å². The maximum atomic E-state index is 3.25. The average molecular weight is 787 g/mol. The van der Waals surface area contributed by atoms with Crippen LogP contribution in [0.2, 0.25) is 0 Å². The number of benzene rings is 4. The average Bonchev–Trinajstić information content (AvgIpc) is 3.76. The molecular weight excluding hydrogens is 731 g/mol. The Morgan fingerprint density at radius 1 is 0.592 bits per heavy atom. The molecule has 2 atom stereocenters. The van der Waals surface area contributed by atoms with Gasteiger partial charge < -0.3 is 13.8 Å². The van der Waals surface area contributed by atoms with E-state index in [0.29, 0.717) is 11.8 Å². The van der Waals surface area contributed by atoms with Crippen LogP contribution in [-0.4, -0.2) is 6.88 Å². The van der Waals surface area contributed by atoms with Gasteiger partial charge in [-0.3, -0.25) is 0 Å². The van der Waals surface area contributed by atoms with E-state index in [1.54, 1.807) is 13.8 Å². The first kappa shape index (κ1) is 46.8. The van der Waals surface area contributed by atoms with Gasteiger partial charge in [0.15, 0.2) is 0 Å². The minimum absolute atomic E-state index is 0. The Balaban J connectivity index is 0.000000789. The number of hydrogen-bond acceptors (Lipinski definition) is 0. The molecule has 0 bridgehead atoms. The van der Waals surface area contributed by atoms with Crippen molar-refractivity contribution in [2.45, 2.75) is 86.5 Å². The summed E-state index contributed by atoms with van der Waals surface area (Å²) >= 11 is 1.36. The topological polar surface area (TPSA) is 0 Å². The molecule has 2 radical (unpaired) electrons. The number of hydrogen-bond donors (Lipinski definition) is 0. The standard InChI is InChI=1S/C21H23.C20H21.2C2H5.2ClH.Si.Zr/c1-4-15(3)17-9-11-18(12-10-17)20-8-6-7-19-13-16(5-2)14-21(19)20;1-4-15(3)16-8-10-17(11-9-16)19-7-5-6-18-12-14(2)13-20(18)19;2*1-2;;;;/h6-15H,4-5H2,1-3H3;5-13,15H,4H2,1-3H3;2*1H2,2H3;2*1H;;/q4*-1;;;;. The van der Waals surface area contributed by atoms with E-state index >= 15 is 0 Å². The van der Waals surface area contributed by atoms with Crippen LogP contribution < -0.4 is 0 Å². The van der Waals surface area contributed by atoms with Crippen LogP contribution >= 0.6 is 24.8 Å². The summed E-state index contributed by atoms with van der Waals surface area (Å²) in [6.07, 6.45) is 3.48. The van der Waals surface area contributed by atoms with Gasteiger partial charge >= 0.3 is 30.2 Å². The first-order chi connectivity index (χ1) is 22.9.